The summed E-state index contributed by atoms with van der Waals surface area (Å²) in [5, 5.41) is 8.17. The van der Waals surface area contributed by atoms with Gasteiger partial charge >= 0.3 is 0 Å². The first-order chi connectivity index (χ1) is 6.54. The van der Waals surface area contributed by atoms with E-state index in [2.05, 4.69) is 37.9 Å². The molecule has 0 amide bonds. The summed E-state index contributed by atoms with van der Waals surface area (Å²) in [6.45, 7) is 9.11. The van der Waals surface area contributed by atoms with E-state index in [1.165, 1.54) is 32.1 Å². The molecule has 1 heterocycles. The molecule has 0 radical (unpaired) electrons. The maximum atomic E-state index is 4.08. The van der Waals surface area contributed by atoms with Crippen molar-refractivity contribution in [2.75, 3.05) is 0 Å². The number of nitrogens with zero attached hydrogens (tertiary/aromatic N) is 2. The Labute approximate surface area is 88.2 Å². The van der Waals surface area contributed by atoms with E-state index < -0.39 is 0 Å². The van der Waals surface area contributed by atoms with Crippen LogP contribution >= 0.6 is 0 Å². The molecule has 2 heteroatoms. The lowest BCUT2D eigenvalue weighted by Crippen LogP contribution is -2.19. The standard InChI is InChI=1S/C12H24N2/c1-5-7-11(3,8-6-2)9-10-12(4)13-14-12/h5-10H2,1-4H3. The highest BCUT2D eigenvalue weighted by Crippen LogP contribution is 2.40. The Bertz CT molecular complexity index is 196. The quantitative estimate of drug-likeness (QED) is 0.570. The molecule has 82 valence electrons. The zero-order valence-corrected chi connectivity index (χ0v) is 10.1. The van der Waals surface area contributed by atoms with Gasteiger partial charge in [-0.25, -0.2) is 0 Å². The molecule has 1 rings (SSSR count). The Kier molecular flexibility index (Phi) is 3.68. The van der Waals surface area contributed by atoms with Crippen molar-refractivity contribution in [2.24, 2.45) is 15.6 Å². The van der Waals surface area contributed by atoms with Gasteiger partial charge in [-0.3, -0.25) is 0 Å². The second-order valence-electron chi connectivity index (χ2n) is 5.23. The Morgan fingerprint density at radius 3 is 1.86 bits per heavy atom. The molecule has 0 aliphatic carbocycles. The number of hydrogen-bond acceptors (Lipinski definition) is 2. The SMILES string of the molecule is CCCC(C)(CCC)CCC1(C)N=N1. The van der Waals surface area contributed by atoms with Gasteiger partial charge in [0.25, 0.3) is 0 Å². The van der Waals surface area contributed by atoms with Crippen molar-refractivity contribution in [3.05, 3.63) is 0 Å². The number of hydrogen-bond donors (Lipinski definition) is 0. The van der Waals surface area contributed by atoms with Gasteiger partial charge in [-0.15, -0.1) is 0 Å². The van der Waals surface area contributed by atoms with E-state index in [9.17, 15) is 0 Å². The second kappa shape index (κ2) is 4.41. The summed E-state index contributed by atoms with van der Waals surface area (Å²) in [6, 6.07) is 0. The van der Waals surface area contributed by atoms with E-state index in [4.69, 9.17) is 0 Å². The molecular formula is C12H24N2. The summed E-state index contributed by atoms with van der Waals surface area (Å²) < 4.78 is 0. The molecule has 0 saturated carbocycles. The van der Waals surface area contributed by atoms with Gasteiger partial charge in [-0.2, -0.15) is 10.2 Å². The first kappa shape index (κ1) is 11.7. The van der Waals surface area contributed by atoms with E-state index in [-0.39, 0.29) is 5.66 Å². The van der Waals surface area contributed by atoms with Crippen LogP contribution in [0.15, 0.2) is 10.2 Å². The van der Waals surface area contributed by atoms with Crippen molar-refractivity contribution in [3.8, 4) is 0 Å². The molecule has 0 aromatic heterocycles. The Balaban J connectivity index is 2.33. The van der Waals surface area contributed by atoms with Crippen LogP contribution in [0.2, 0.25) is 0 Å². The van der Waals surface area contributed by atoms with Crippen LogP contribution in [0.3, 0.4) is 0 Å². The third-order valence-corrected chi connectivity index (χ3v) is 3.35. The third-order valence-electron chi connectivity index (χ3n) is 3.35. The lowest BCUT2D eigenvalue weighted by atomic mass is 9.76. The molecule has 0 N–H and O–H groups in total. The Morgan fingerprint density at radius 2 is 1.50 bits per heavy atom. The molecule has 0 fully saturated rings. The van der Waals surface area contributed by atoms with Gasteiger partial charge < -0.3 is 0 Å². The lowest BCUT2D eigenvalue weighted by molar-refractivity contribution is 0.228. The lowest BCUT2D eigenvalue weighted by Gasteiger charge is -2.29. The van der Waals surface area contributed by atoms with Crippen molar-refractivity contribution in [2.45, 2.75) is 71.9 Å². The molecular weight excluding hydrogens is 172 g/mol. The van der Waals surface area contributed by atoms with E-state index in [1.54, 1.807) is 0 Å². The summed E-state index contributed by atoms with van der Waals surface area (Å²) in [5.41, 5.74) is 0.531. The molecule has 0 aromatic rings. The van der Waals surface area contributed by atoms with Crippen LogP contribution in [0, 0.1) is 5.41 Å². The molecule has 2 nitrogen and oxygen atoms in total. The molecule has 0 atom stereocenters. The summed E-state index contributed by atoms with van der Waals surface area (Å²) in [7, 11) is 0. The summed E-state index contributed by atoms with van der Waals surface area (Å²) in [4.78, 5) is 0. The molecule has 14 heavy (non-hydrogen) atoms. The maximum absolute atomic E-state index is 4.08. The van der Waals surface area contributed by atoms with Crippen molar-refractivity contribution in [1.82, 2.24) is 0 Å². The molecule has 0 bridgehead atoms. The number of rotatable bonds is 7. The highest BCUT2D eigenvalue weighted by molar-refractivity contribution is 4.90. The average molecular weight is 196 g/mol. The molecule has 0 aromatic carbocycles. The van der Waals surface area contributed by atoms with Gasteiger partial charge in [0.1, 0.15) is 0 Å². The van der Waals surface area contributed by atoms with Crippen molar-refractivity contribution < 1.29 is 0 Å². The highest BCUT2D eigenvalue weighted by atomic mass is 15.4. The van der Waals surface area contributed by atoms with Gasteiger partial charge in [-0.05, 0) is 38.0 Å². The van der Waals surface area contributed by atoms with Crippen molar-refractivity contribution in [1.29, 1.82) is 0 Å². The largest absolute Gasteiger partial charge is 0.188 e. The average Bonchev–Trinajstić information content (AvgIpc) is 2.83. The Morgan fingerprint density at radius 1 is 1.00 bits per heavy atom. The fourth-order valence-corrected chi connectivity index (χ4v) is 2.31. The summed E-state index contributed by atoms with van der Waals surface area (Å²) in [6.07, 6.45) is 7.69. The smallest absolute Gasteiger partial charge is 0.159 e. The van der Waals surface area contributed by atoms with Gasteiger partial charge in [0.05, 0.1) is 0 Å². The topological polar surface area (TPSA) is 24.7 Å². The monoisotopic (exact) mass is 196 g/mol. The minimum absolute atomic E-state index is 0.00272. The minimum Gasteiger partial charge on any atom is -0.159 e. The Hall–Kier alpha value is -0.400. The first-order valence-corrected chi connectivity index (χ1v) is 5.98. The maximum Gasteiger partial charge on any atom is 0.188 e. The summed E-state index contributed by atoms with van der Waals surface area (Å²) >= 11 is 0. The molecule has 1 aliphatic rings. The second-order valence-corrected chi connectivity index (χ2v) is 5.23. The van der Waals surface area contributed by atoms with Gasteiger partial charge in [-0.1, -0.05) is 33.6 Å². The normalized spacial score (nSPS) is 18.6. The first-order valence-electron chi connectivity index (χ1n) is 5.98. The van der Waals surface area contributed by atoms with Crippen molar-refractivity contribution >= 4 is 0 Å². The predicted octanol–water partition coefficient (Wildman–Crippen LogP) is 4.56. The van der Waals surface area contributed by atoms with E-state index in [0.29, 0.717) is 5.41 Å². The zero-order chi connectivity index (χ0) is 10.7. The van der Waals surface area contributed by atoms with Crippen molar-refractivity contribution in [3.63, 3.8) is 0 Å². The molecule has 1 aliphatic heterocycles. The fraction of sp³-hybridized carbons (Fsp3) is 1.00. The van der Waals surface area contributed by atoms with Crippen LogP contribution in [0.5, 0.6) is 0 Å². The van der Waals surface area contributed by atoms with E-state index >= 15 is 0 Å². The third kappa shape index (κ3) is 3.39. The van der Waals surface area contributed by atoms with E-state index in [0.717, 1.165) is 6.42 Å². The van der Waals surface area contributed by atoms with Crippen LogP contribution in [0.1, 0.15) is 66.2 Å². The highest BCUT2D eigenvalue weighted by Gasteiger charge is 2.36. The molecule has 0 unspecified atom stereocenters. The van der Waals surface area contributed by atoms with Crippen LogP contribution in [-0.4, -0.2) is 5.66 Å². The molecule has 0 saturated heterocycles. The predicted molar refractivity (Wildman–Crippen MR) is 60.4 cm³/mol. The fourth-order valence-electron chi connectivity index (χ4n) is 2.31. The van der Waals surface area contributed by atoms with E-state index in [1.807, 2.05) is 0 Å². The summed E-state index contributed by atoms with van der Waals surface area (Å²) in [5.74, 6) is 0. The molecule has 0 spiro atoms. The van der Waals surface area contributed by atoms with Gasteiger partial charge in [0.2, 0.25) is 0 Å². The van der Waals surface area contributed by atoms with Crippen LogP contribution in [-0.2, 0) is 0 Å². The van der Waals surface area contributed by atoms with Crippen LogP contribution < -0.4 is 0 Å². The zero-order valence-electron chi connectivity index (χ0n) is 10.1. The van der Waals surface area contributed by atoms with Gasteiger partial charge in [0, 0.05) is 0 Å². The minimum atomic E-state index is 0.00272. The van der Waals surface area contributed by atoms with Crippen LogP contribution in [0.4, 0.5) is 0 Å². The van der Waals surface area contributed by atoms with Gasteiger partial charge in [0.15, 0.2) is 5.66 Å². The van der Waals surface area contributed by atoms with Crippen LogP contribution in [0.25, 0.3) is 0 Å².